The van der Waals surface area contributed by atoms with E-state index >= 15 is 0 Å². The molecule has 0 amide bonds. The van der Waals surface area contributed by atoms with Crippen molar-refractivity contribution in [3.05, 3.63) is 11.1 Å². The Morgan fingerprint density at radius 3 is 2.24 bits per heavy atom. The van der Waals surface area contributed by atoms with E-state index in [1.54, 1.807) is 0 Å². The van der Waals surface area contributed by atoms with Crippen LogP contribution in [0.2, 0.25) is 0 Å². The zero-order valence-electron chi connectivity index (χ0n) is 16.1. The van der Waals surface area contributed by atoms with Gasteiger partial charge >= 0.3 is 0 Å². The topological polar surface area (TPSA) is 26.3 Å². The first-order chi connectivity index (χ1) is 11.2. The molecule has 3 rings (SSSR count). The standard InChI is InChI=1S/C20H29Br3O2/c1-7-25-19-10-16(2,3)9-18(6,11-19)14(21)12-8-17(4,5)20(22,23)15(24)13(12)19/h14H,7-11H2,1-6H3. The Hall–Kier alpha value is 0.810. The molecule has 0 aromatic rings. The van der Waals surface area contributed by atoms with Crippen LogP contribution in [0.3, 0.4) is 0 Å². The van der Waals surface area contributed by atoms with E-state index in [-0.39, 0.29) is 26.9 Å². The van der Waals surface area contributed by atoms with E-state index in [9.17, 15) is 4.79 Å². The monoisotopic (exact) mass is 538 g/mol. The third-order valence-electron chi connectivity index (χ3n) is 6.45. The SMILES string of the molecule is CCOC12CC(C)(C)CC(C)(C1)C(Br)C1=C2C(=O)C(Br)(Br)C(C)(C)C1. The zero-order valence-corrected chi connectivity index (χ0v) is 20.8. The molecule has 0 aromatic heterocycles. The van der Waals surface area contributed by atoms with Crippen LogP contribution in [0.25, 0.3) is 0 Å². The fourth-order valence-corrected chi connectivity index (χ4v) is 7.33. The fourth-order valence-electron chi connectivity index (χ4n) is 5.93. The second-order valence-corrected chi connectivity index (χ2v) is 14.4. The van der Waals surface area contributed by atoms with E-state index in [2.05, 4.69) is 82.4 Å². The molecule has 1 saturated carbocycles. The summed E-state index contributed by atoms with van der Waals surface area (Å²) in [6.45, 7) is 14.0. The fraction of sp³-hybridized carbons (Fsp3) is 0.850. The van der Waals surface area contributed by atoms with Gasteiger partial charge < -0.3 is 4.74 Å². The lowest BCUT2D eigenvalue weighted by molar-refractivity contribution is -0.137. The number of hydrogen-bond acceptors (Lipinski definition) is 2. The molecule has 2 bridgehead atoms. The van der Waals surface area contributed by atoms with Crippen molar-refractivity contribution in [3.63, 3.8) is 0 Å². The van der Waals surface area contributed by atoms with Crippen LogP contribution < -0.4 is 0 Å². The normalized spacial score (nSPS) is 41.5. The third kappa shape index (κ3) is 2.89. The molecule has 25 heavy (non-hydrogen) atoms. The molecule has 0 N–H and O–H groups in total. The number of Topliss-reactive ketones (excluding diaryl/α,β-unsaturated/α-hetero) is 1. The summed E-state index contributed by atoms with van der Waals surface area (Å²) < 4.78 is 5.71. The quantitative estimate of drug-likeness (QED) is 0.372. The van der Waals surface area contributed by atoms with Crippen LogP contribution >= 0.6 is 47.8 Å². The summed E-state index contributed by atoms with van der Waals surface area (Å²) in [4.78, 5) is 13.9. The number of rotatable bonds is 2. The van der Waals surface area contributed by atoms with Crippen molar-refractivity contribution in [3.8, 4) is 0 Å². The van der Waals surface area contributed by atoms with Crippen molar-refractivity contribution < 1.29 is 9.53 Å². The number of alkyl halides is 3. The molecule has 2 nitrogen and oxygen atoms in total. The minimum absolute atomic E-state index is 0.102. The van der Waals surface area contributed by atoms with Gasteiger partial charge in [0.1, 0.15) is 3.23 Å². The van der Waals surface area contributed by atoms with Crippen LogP contribution in [0.5, 0.6) is 0 Å². The largest absolute Gasteiger partial charge is 0.370 e. The van der Waals surface area contributed by atoms with Gasteiger partial charge in [0.15, 0.2) is 5.78 Å². The molecule has 3 aliphatic rings. The zero-order chi connectivity index (χ0) is 19.1. The first-order valence-corrected chi connectivity index (χ1v) is 11.7. The molecule has 0 heterocycles. The molecule has 0 aromatic carbocycles. The number of allylic oxidation sites excluding steroid dienone is 1. The van der Waals surface area contributed by atoms with Gasteiger partial charge in [-0.25, -0.2) is 0 Å². The maximum Gasteiger partial charge on any atom is 0.189 e. The van der Waals surface area contributed by atoms with Crippen molar-refractivity contribution in [1.82, 2.24) is 0 Å². The summed E-state index contributed by atoms with van der Waals surface area (Å²) in [5.41, 5.74) is 1.76. The number of carbonyl (C=O) groups is 1. The highest BCUT2D eigenvalue weighted by molar-refractivity contribution is 9.26. The Kier molecular flexibility index (Phi) is 4.85. The minimum atomic E-state index is -0.738. The Bertz CT molecular complexity index is 649. The van der Waals surface area contributed by atoms with Crippen LogP contribution in [-0.2, 0) is 9.53 Å². The third-order valence-corrected chi connectivity index (χ3v) is 11.0. The lowest BCUT2D eigenvalue weighted by Gasteiger charge is -2.61. The van der Waals surface area contributed by atoms with Gasteiger partial charge in [-0.05, 0) is 49.0 Å². The van der Waals surface area contributed by atoms with E-state index < -0.39 is 8.83 Å². The summed E-state index contributed by atoms with van der Waals surface area (Å²) in [5.74, 6) is 0.149. The predicted molar refractivity (Wildman–Crippen MR) is 114 cm³/mol. The average molecular weight is 541 g/mol. The van der Waals surface area contributed by atoms with Crippen LogP contribution in [-0.4, -0.2) is 26.1 Å². The van der Waals surface area contributed by atoms with Gasteiger partial charge in [-0.15, -0.1) is 0 Å². The molecule has 0 radical (unpaired) electrons. The van der Waals surface area contributed by atoms with Gasteiger partial charge in [-0.1, -0.05) is 82.4 Å². The van der Waals surface area contributed by atoms with Gasteiger partial charge in [0.2, 0.25) is 0 Å². The average Bonchev–Trinajstić information content (AvgIpc) is 2.40. The Labute approximate surface area is 177 Å². The number of ether oxygens (including phenoxy) is 1. The second kappa shape index (κ2) is 5.90. The summed E-state index contributed by atoms with van der Waals surface area (Å²) in [6.07, 6.45) is 3.84. The van der Waals surface area contributed by atoms with E-state index in [0.717, 1.165) is 31.3 Å². The number of fused-ring (bicyclic) bond motifs is 3. The van der Waals surface area contributed by atoms with Gasteiger partial charge in [-0.3, -0.25) is 4.79 Å². The van der Waals surface area contributed by atoms with Crippen molar-refractivity contribution in [2.24, 2.45) is 16.2 Å². The molecule has 0 saturated heterocycles. The predicted octanol–water partition coefficient (Wildman–Crippen LogP) is 6.54. The Morgan fingerprint density at radius 1 is 1.08 bits per heavy atom. The number of ketones is 1. The highest BCUT2D eigenvalue weighted by atomic mass is 79.9. The highest BCUT2D eigenvalue weighted by Gasteiger charge is 2.65. The first kappa shape index (κ1) is 20.5. The first-order valence-electron chi connectivity index (χ1n) is 9.16. The molecule has 0 spiro atoms. The summed E-state index contributed by atoms with van der Waals surface area (Å²) >= 11 is 11.5. The smallest absolute Gasteiger partial charge is 0.189 e. The van der Waals surface area contributed by atoms with Gasteiger partial charge in [0.25, 0.3) is 0 Å². The summed E-state index contributed by atoms with van der Waals surface area (Å²) in [7, 11) is 0. The van der Waals surface area contributed by atoms with E-state index in [0.29, 0.717) is 6.61 Å². The Morgan fingerprint density at radius 2 is 1.68 bits per heavy atom. The molecule has 1 fully saturated rings. The summed E-state index contributed by atoms with van der Waals surface area (Å²) in [6, 6.07) is 0. The highest BCUT2D eigenvalue weighted by Crippen LogP contribution is 2.67. The molecule has 5 heteroatoms. The van der Waals surface area contributed by atoms with Gasteiger partial charge in [0, 0.05) is 22.4 Å². The molecular formula is C20H29Br3O2. The number of hydrogen-bond donors (Lipinski definition) is 0. The van der Waals surface area contributed by atoms with E-state index in [4.69, 9.17) is 4.74 Å². The molecule has 3 atom stereocenters. The Balaban J connectivity index is 2.28. The van der Waals surface area contributed by atoms with Crippen molar-refractivity contribution in [2.75, 3.05) is 6.61 Å². The van der Waals surface area contributed by atoms with E-state index in [1.165, 1.54) is 5.57 Å². The maximum absolute atomic E-state index is 13.7. The molecule has 142 valence electrons. The molecule has 3 aliphatic carbocycles. The van der Waals surface area contributed by atoms with Crippen molar-refractivity contribution >= 4 is 53.6 Å². The molecule has 0 aliphatic heterocycles. The number of carbonyl (C=O) groups excluding carboxylic acids is 1. The lowest BCUT2D eigenvalue weighted by Crippen LogP contribution is -2.62. The maximum atomic E-state index is 13.7. The second-order valence-electron chi connectivity index (χ2n) is 10.0. The minimum Gasteiger partial charge on any atom is -0.370 e. The molecule has 3 unspecified atom stereocenters. The summed E-state index contributed by atoms with van der Waals surface area (Å²) in [5, 5.41) is 0. The van der Waals surface area contributed by atoms with E-state index in [1.807, 2.05) is 6.92 Å². The van der Waals surface area contributed by atoms with Crippen LogP contribution in [0.1, 0.15) is 67.2 Å². The van der Waals surface area contributed by atoms with Crippen molar-refractivity contribution in [1.29, 1.82) is 0 Å². The van der Waals surface area contributed by atoms with Gasteiger partial charge in [-0.2, -0.15) is 0 Å². The number of halogens is 3. The lowest BCUT2D eigenvalue weighted by atomic mass is 9.49. The van der Waals surface area contributed by atoms with Crippen LogP contribution in [0, 0.1) is 16.2 Å². The molecular weight excluding hydrogens is 512 g/mol. The van der Waals surface area contributed by atoms with Crippen molar-refractivity contribution in [2.45, 2.75) is 80.9 Å². The van der Waals surface area contributed by atoms with Crippen LogP contribution in [0.4, 0.5) is 0 Å². The van der Waals surface area contributed by atoms with Gasteiger partial charge in [0.05, 0.1) is 5.60 Å². The van der Waals surface area contributed by atoms with Crippen LogP contribution in [0.15, 0.2) is 11.1 Å².